The summed E-state index contributed by atoms with van der Waals surface area (Å²) >= 11 is 1.69. The first kappa shape index (κ1) is 14.9. The van der Waals surface area contributed by atoms with Crippen molar-refractivity contribution in [2.45, 2.75) is 39.2 Å². The minimum absolute atomic E-state index is 0.0794. The van der Waals surface area contributed by atoms with Crippen LogP contribution in [0.25, 0.3) is 10.9 Å². The van der Waals surface area contributed by atoms with Crippen molar-refractivity contribution >= 4 is 28.1 Å². The summed E-state index contributed by atoms with van der Waals surface area (Å²) in [7, 11) is 0. The van der Waals surface area contributed by atoms with E-state index in [0.717, 1.165) is 27.4 Å². The molecule has 0 bridgehead atoms. The van der Waals surface area contributed by atoms with Gasteiger partial charge >= 0.3 is 0 Å². The molecule has 2 aromatic heterocycles. The van der Waals surface area contributed by atoms with Gasteiger partial charge in [-0.25, -0.2) is 15.0 Å². The summed E-state index contributed by atoms with van der Waals surface area (Å²) in [6, 6.07) is 8.13. The molecule has 0 fully saturated rings. The van der Waals surface area contributed by atoms with Crippen LogP contribution >= 0.6 is 11.3 Å². The highest BCUT2D eigenvalue weighted by atomic mass is 32.1. The van der Waals surface area contributed by atoms with Gasteiger partial charge in [0, 0.05) is 16.2 Å². The summed E-state index contributed by atoms with van der Waals surface area (Å²) in [5.74, 6) is 0.852. The number of anilines is 1. The number of aromatic nitrogens is 3. The summed E-state index contributed by atoms with van der Waals surface area (Å²) < 4.78 is 0. The van der Waals surface area contributed by atoms with Crippen molar-refractivity contribution in [3.05, 3.63) is 46.7 Å². The molecular weight excluding hydrogens is 292 g/mol. The highest BCUT2D eigenvalue weighted by Gasteiger charge is 2.20. The normalized spacial score (nSPS) is 13.3. The average molecular weight is 312 g/mol. The molecule has 0 aliphatic rings. The van der Waals surface area contributed by atoms with Crippen LogP contribution in [0.4, 0.5) is 5.82 Å². The van der Waals surface area contributed by atoms with Crippen LogP contribution in [0.15, 0.2) is 36.0 Å². The molecule has 4 nitrogen and oxygen atoms in total. The Balaban J connectivity index is 1.87. The van der Waals surface area contributed by atoms with Crippen LogP contribution in [-0.2, 0) is 5.41 Å². The Bertz CT molecular complexity index is 783. The van der Waals surface area contributed by atoms with E-state index in [1.807, 2.05) is 24.3 Å². The SMILES string of the molecule is CC(Nc1ncnc2ccccc12)c1nc(C(C)(C)C)cs1. The number of hydrogen-bond acceptors (Lipinski definition) is 5. The summed E-state index contributed by atoms with van der Waals surface area (Å²) in [5.41, 5.74) is 2.16. The zero-order valence-corrected chi connectivity index (χ0v) is 14.1. The second kappa shape index (κ2) is 5.65. The maximum atomic E-state index is 4.77. The summed E-state index contributed by atoms with van der Waals surface area (Å²) in [6.45, 7) is 8.66. The molecule has 0 saturated heterocycles. The maximum Gasteiger partial charge on any atom is 0.137 e. The third kappa shape index (κ3) is 2.95. The predicted molar refractivity (Wildman–Crippen MR) is 92.4 cm³/mol. The molecule has 1 atom stereocenters. The molecule has 0 saturated carbocycles. The first-order valence-corrected chi connectivity index (χ1v) is 8.25. The molecule has 22 heavy (non-hydrogen) atoms. The highest BCUT2D eigenvalue weighted by molar-refractivity contribution is 7.09. The fraction of sp³-hybridized carbons (Fsp3) is 0.353. The number of thiazole rings is 1. The van der Waals surface area contributed by atoms with E-state index in [2.05, 4.69) is 48.4 Å². The molecule has 1 aromatic carbocycles. The van der Waals surface area contributed by atoms with Gasteiger partial charge in [-0.1, -0.05) is 32.9 Å². The second-order valence-electron chi connectivity index (χ2n) is 6.43. The number of nitrogens with zero attached hydrogens (tertiary/aromatic N) is 3. The lowest BCUT2D eigenvalue weighted by Crippen LogP contribution is -2.13. The van der Waals surface area contributed by atoms with Gasteiger partial charge in [0.2, 0.25) is 0 Å². The van der Waals surface area contributed by atoms with Gasteiger partial charge < -0.3 is 5.32 Å². The lowest BCUT2D eigenvalue weighted by Gasteiger charge is -2.16. The fourth-order valence-corrected chi connectivity index (χ4v) is 3.27. The van der Waals surface area contributed by atoms with E-state index in [0.29, 0.717) is 0 Å². The van der Waals surface area contributed by atoms with Crippen LogP contribution in [-0.4, -0.2) is 15.0 Å². The van der Waals surface area contributed by atoms with Gasteiger partial charge in [-0.2, -0.15) is 0 Å². The van der Waals surface area contributed by atoms with Gasteiger partial charge in [0.05, 0.1) is 17.3 Å². The zero-order valence-electron chi connectivity index (χ0n) is 13.3. The molecule has 3 rings (SSSR count). The molecule has 5 heteroatoms. The van der Waals surface area contributed by atoms with Crippen LogP contribution in [0, 0.1) is 0 Å². The van der Waals surface area contributed by atoms with E-state index in [1.165, 1.54) is 0 Å². The van der Waals surface area contributed by atoms with Crippen molar-refractivity contribution in [2.75, 3.05) is 5.32 Å². The van der Waals surface area contributed by atoms with Crippen LogP contribution in [0.5, 0.6) is 0 Å². The molecule has 3 aromatic rings. The maximum absolute atomic E-state index is 4.77. The highest BCUT2D eigenvalue weighted by Crippen LogP contribution is 2.29. The van der Waals surface area contributed by atoms with Gasteiger partial charge in [0.25, 0.3) is 0 Å². The van der Waals surface area contributed by atoms with Gasteiger partial charge in [-0.3, -0.25) is 0 Å². The lowest BCUT2D eigenvalue weighted by atomic mass is 9.93. The van der Waals surface area contributed by atoms with E-state index in [4.69, 9.17) is 4.98 Å². The summed E-state index contributed by atoms with van der Waals surface area (Å²) in [5, 5.41) is 7.72. The first-order valence-electron chi connectivity index (χ1n) is 7.37. The zero-order chi connectivity index (χ0) is 15.7. The van der Waals surface area contributed by atoms with E-state index in [1.54, 1.807) is 17.7 Å². The Kier molecular flexibility index (Phi) is 3.83. The number of rotatable bonds is 3. The fourth-order valence-electron chi connectivity index (χ4n) is 2.22. The van der Waals surface area contributed by atoms with Crippen molar-refractivity contribution in [1.29, 1.82) is 0 Å². The molecular formula is C17H20N4S. The smallest absolute Gasteiger partial charge is 0.137 e. The van der Waals surface area contributed by atoms with E-state index in [-0.39, 0.29) is 11.5 Å². The Morgan fingerprint density at radius 2 is 1.91 bits per heavy atom. The molecule has 0 spiro atoms. The average Bonchev–Trinajstić information content (AvgIpc) is 2.98. The Hall–Kier alpha value is -2.01. The molecule has 0 aliphatic carbocycles. The number of nitrogens with one attached hydrogen (secondary N) is 1. The van der Waals surface area contributed by atoms with Crippen molar-refractivity contribution < 1.29 is 0 Å². The van der Waals surface area contributed by atoms with Crippen molar-refractivity contribution in [3.63, 3.8) is 0 Å². The van der Waals surface area contributed by atoms with Crippen molar-refractivity contribution in [2.24, 2.45) is 0 Å². The topological polar surface area (TPSA) is 50.7 Å². The Labute approximate surface area is 134 Å². The molecule has 1 unspecified atom stereocenters. The minimum Gasteiger partial charge on any atom is -0.360 e. The molecule has 0 radical (unpaired) electrons. The van der Waals surface area contributed by atoms with Gasteiger partial charge in [-0.05, 0) is 19.1 Å². The van der Waals surface area contributed by atoms with Crippen LogP contribution in [0.2, 0.25) is 0 Å². The largest absolute Gasteiger partial charge is 0.360 e. The van der Waals surface area contributed by atoms with Crippen LogP contribution in [0.3, 0.4) is 0 Å². The Morgan fingerprint density at radius 3 is 2.64 bits per heavy atom. The first-order chi connectivity index (χ1) is 10.4. The van der Waals surface area contributed by atoms with Crippen LogP contribution < -0.4 is 5.32 Å². The van der Waals surface area contributed by atoms with E-state index in [9.17, 15) is 0 Å². The van der Waals surface area contributed by atoms with Gasteiger partial charge in [-0.15, -0.1) is 11.3 Å². The number of para-hydroxylation sites is 1. The minimum atomic E-state index is 0.0794. The van der Waals surface area contributed by atoms with Crippen LogP contribution in [0.1, 0.15) is 44.4 Å². The molecule has 1 N–H and O–H groups in total. The number of hydrogen-bond donors (Lipinski definition) is 1. The second-order valence-corrected chi connectivity index (χ2v) is 7.32. The number of benzene rings is 1. The predicted octanol–water partition coefficient (Wildman–Crippen LogP) is 4.56. The van der Waals surface area contributed by atoms with Crippen molar-refractivity contribution in [1.82, 2.24) is 15.0 Å². The standard InChI is InChI=1S/C17H20N4S/c1-11(16-21-14(9-22-16)17(2,3)4)20-15-12-7-5-6-8-13(12)18-10-19-15/h5-11H,1-4H3,(H,18,19,20). The number of fused-ring (bicyclic) bond motifs is 1. The molecule has 114 valence electrons. The summed E-state index contributed by atoms with van der Waals surface area (Å²) in [6.07, 6.45) is 1.60. The van der Waals surface area contributed by atoms with E-state index < -0.39 is 0 Å². The summed E-state index contributed by atoms with van der Waals surface area (Å²) in [4.78, 5) is 13.4. The quantitative estimate of drug-likeness (QED) is 0.770. The molecule has 0 amide bonds. The third-order valence-electron chi connectivity index (χ3n) is 3.56. The van der Waals surface area contributed by atoms with E-state index >= 15 is 0 Å². The lowest BCUT2D eigenvalue weighted by molar-refractivity contribution is 0.569. The third-order valence-corrected chi connectivity index (χ3v) is 4.58. The van der Waals surface area contributed by atoms with Crippen molar-refractivity contribution in [3.8, 4) is 0 Å². The van der Waals surface area contributed by atoms with Gasteiger partial charge in [0.15, 0.2) is 0 Å². The Morgan fingerprint density at radius 1 is 1.14 bits per heavy atom. The monoisotopic (exact) mass is 312 g/mol. The molecule has 0 aliphatic heterocycles. The van der Waals surface area contributed by atoms with Gasteiger partial charge in [0.1, 0.15) is 17.2 Å². The molecule has 2 heterocycles.